The molecule has 0 radical (unpaired) electrons. The molecule has 1 aromatic heterocycles. The molecule has 2 rings (SSSR count). The summed E-state index contributed by atoms with van der Waals surface area (Å²) < 4.78 is 5.35. The molecule has 0 aliphatic heterocycles. The maximum atomic E-state index is 11.3. The van der Waals surface area contributed by atoms with Crippen LogP contribution in [0.1, 0.15) is 18.2 Å². The molecule has 0 amide bonds. The zero-order valence-electron chi connectivity index (χ0n) is 12.0. The van der Waals surface area contributed by atoms with Gasteiger partial charge in [0.1, 0.15) is 0 Å². The minimum atomic E-state index is -0.252. The van der Waals surface area contributed by atoms with Gasteiger partial charge in [-0.3, -0.25) is 9.78 Å². The van der Waals surface area contributed by atoms with E-state index >= 15 is 0 Å². The first kappa shape index (κ1) is 16.3. The normalized spacial score (nSPS) is 10.9. The van der Waals surface area contributed by atoms with Gasteiger partial charge in [-0.25, -0.2) is 10.4 Å². The van der Waals surface area contributed by atoms with E-state index in [0.29, 0.717) is 33.7 Å². The van der Waals surface area contributed by atoms with Gasteiger partial charge in [0.05, 0.1) is 22.9 Å². The van der Waals surface area contributed by atoms with Crippen molar-refractivity contribution in [3.05, 3.63) is 49.9 Å². The maximum Gasteiger partial charge on any atom is 0.252 e. The van der Waals surface area contributed by atoms with Crippen molar-refractivity contribution in [2.75, 3.05) is 12.0 Å². The summed E-state index contributed by atoms with van der Waals surface area (Å²) in [5, 5.41) is 4.79. The van der Waals surface area contributed by atoms with Crippen LogP contribution in [0.2, 0.25) is 10.0 Å². The molecule has 2 aromatic rings. The summed E-state index contributed by atoms with van der Waals surface area (Å²) in [5.41, 5.74) is 3.66. The minimum Gasteiger partial charge on any atom is -0.491 e. The van der Waals surface area contributed by atoms with Gasteiger partial charge in [-0.2, -0.15) is 5.10 Å². The van der Waals surface area contributed by atoms with Crippen molar-refractivity contribution in [2.45, 2.75) is 13.8 Å². The van der Waals surface area contributed by atoms with Crippen molar-refractivity contribution in [3.63, 3.8) is 0 Å². The zero-order chi connectivity index (χ0) is 16.1. The number of nitrogens with one attached hydrogen (secondary N) is 2. The van der Waals surface area contributed by atoms with Crippen LogP contribution < -0.4 is 15.7 Å². The number of benzene rings is 1. The third-order valence-electron chi connectivity index (χ3n) is 2.56. The number of rotatable bonds is 5. The second-order valence-corrected chi connectivity index (χ2v) is 5.17. The molecule has 0 aliphatic carbocycles. The molecule has 0 fully saturated rings. The van der Waals surface area contributed by atoms with Crippen molar-refractivity contribution in [1.29, 1.82) is 0 Å². The number of halogens is 2. The number of nitrogens with zero attached hydrogens (tertiary/aromatic N) is 2. The van der Waals surface area contributed by atoms with Crippen molar-refractivity contribution < 1.29 is 4.74 Å². The Bertz CT molecular complexity index is 736. The predicted octanol–water partition coefficient (Wildman–Crippen LogP) is 3.23. The fourth-order valence-electron chi connectivity index (χ4n) is 1.74. The molecule has 6 nitrogen and oxygen atoms in total. The molecule has 0 unspecified atom stereocenters. The summed E-state index contributed by atoms with van der Waals surface area (Å²) in [6.07, 6.45) is 1.51. The third kappa shape index (κ3) is 4.22. The molecule has 116 valence electrons. The molecule has 1 heterocycles. The van der Waals surface area contributed by atoms with Crippen LogP contribution in [-0.4, -0.2) is 22.8 Å². The van der Waals surface area contributed by atoms with Crippen molar-refractivity contribution in [3.8, 4) is 5.75 Å². The van der Waals surface area contributed by atoms with Gasteiger partial charge in [0, 0.05) is 11.8 Å². The molecule has 8 heteroatoms. The number of hydrogen-bond acceptors (Lipinski definition) is 5. The van der Waals surface area contributed by atoms with Crippen LogP contribution in [0, 0.1) is 6.92 Å². The van der Waals surface area contributed by atoms with Gasteiger partial charge in [-0.1, -0.05) is 23.2 Å². The van der Waals surface area contributed by atoms with E-state index in [0.717, 1.165) is 0 Å². The number of H-pyrrole nitrogens is 1. The topological polar surface area (TPSA) is 79.4 Å². The molecule has 22 heavy (non-hydrogen) atoms. The summed E-state index contributed by atoms with van der Waals surface area (Å²) in [5.74, 6) is 0.699. The van der Waals surface area contributed by atoms with Crippen LogP contribution in [0.15, 0.2) is 28.1 Å². The Hall–Kier alpha value is -2.05. The smallest absolute Gasteiger partial charge is 0.252 e. The number of aryl methyl sites for hydroxylation is 1. The largest absolute Gasteiger partial charge is 0.491 e. The molecule has 0 atom stereocenters. The van der Waals surface area contributed by atoms with E-state index in [4.69, 9.17) is 27.9 Å². The Morgan fingerprint density at radius 1 is 1.36 bits per heavy atom. The van der Waals surface area contributed by atoms with Gasteiger partial charge in [0.25, 0.3) is 5.56 Å². The van der Waals surface area contributed by atoms with Gasteiger partial charge >= 0.3 is 0 Å². The Kier molecular flexibility index (Phi) is 5.41. The average Bonchev–Trinajstić information content (AvgIpc) is 2.42. The first-order valence-electron chi connectivity index (χ1n) is 6.48. The molecule has 0 aliphatic rings. The van der Waals surface area contributed by atoms with E-state index in [2.05, 4.69) is 20.5 Å². The number of ether oxygens (including phenoxy) is 1. The van der Waals surface area contributed by atoms with E-state index in [-0.39, 0.29) is 11.5 Å². The lowest BCUT2D eigenvalue weighted by Gasteiger charge is -2.08. The molecular weight excluding hydrogens is 327 g/mol. The SMILES string of the molecule is CCOc1c(Cl)cc(/C=N\Nc2nc(C)cc(=O)[nH]2)cc1Cl. The standard InChI is InChI=1S/C14H14Cl2N4O2/c1-3-22-13-10(15)5-9(6-11(13)16)7-17-20-14-18-8(2)4-12(21)19-14/h4-7H,3H2,1-2H3,(H2,18,19,20,21)/b17-7-. The minimum absolute atomic E-state index is 0.252. The van der Waals surface area contributed by atoms with Crippen LogP contribution in [-0.2, 0) is 0 Å². The maximum absolute atomic E-state index is 11.3. The summed E-state index contributed by atoms with van der Waals surface area (Å²) >= 11 is 12.2. The Balaban J connectivity index is 2.15. The first-order chi connectivity index (χ1) is 10.5. The fraction of sp³-hybridized carbons (Fsp3) is 0.214. The second-order valence-electron chi connectivity index (χ2n) is 4.35. The zero-order valence-corrected chi connectivity index (χ0v) is 13.5. The summed E-state index contributed by atoms with van der Waals surface area (Å²) in [4.78, 5) is 17.9. The van der Waals surface area contributed by atoms with Gasteiger partial charge in [-0.15, -0.1) is 0 Å². The van der Waals surface area contributed by atoms with Crippen LogP contribution in [0.25, 0.3) is 0 Å². The third-order valence-corrected chi connectivity index (χ3v) is 3.12. The van der Waals surface area contributed by atoms with Gasteiger partial charge in [0.15, 0.2) is 5.75 Å². The van der Waals surface area contributed by atoms with E-state index < -0.39 is 0 Å². The van der Waals surface area contributed by atoms with E-state index in [1.165, 1.54) is 12.3 Å². The number of hydrogen-bond donors (Lipinski definition) is 2. The molecular formula is C14H14Cl2N4O2. The molecule has 0 bridgehead atoms. The predicted molar refractivity (Wildman–Crippen MR) is 88.4 cm³/mol. The molecule has 1 aromatic carbocycles. The fourth-order valence-corrected chi connectivity index (χ4v) is 2.35. The monoisotopic (exact) mass is 340 g/mol. The van der Waals surface area contributed by atoms with Gasteiger partial charge in [-0.05, 0) is 31.5 Å². The van der Waals surface area contributed by atoms with Crippen molar-refractivity contribution in [2.24, 2.45) is 5.10 Å². The summed E-state index contributed by atoms with van der Waals surface area (Å²) in [6, 6.07) is 4.74. The number of hydrazone groups is 1. The lowest BCUT2D eigenvalue weighted by Crippen LogP contribution is -2.10. The quantitative estimate of drug-likeness (QED) is 0.646. The highest BCUT2D eigenvalue weighted by molar-refractivity contribution is 6.37. The Morgan fingerprint density at radius 2 is 2.05 bits per heavy atom. The molecule has 2 N–H and O–H groups in total. The Labute approximate surface area is 137 Å². The first-order valence-corrected chi connectivity index (χ1v) is 7.24. The molecule has 0 saturated carbocycles. The second kappa shape index (κ2) is 7.29. The Morgan fingerprint density at radius 3 is 2.64 bits per heavy atom. The lowest BCUT2D eigenvalue weighted by atomic mass is 10.2. The van der Waals surface area contributed by atoms with Crippen LogP contribution in [0.4, 0.5) is 5.95 Å². The lowest BCUT2D eigenvalue weighted by molar-refractivity contribution is 0.340. The van der Waals surface area contributed by atoms with Crippen LogP contribution in [0.5, 0.6) is 5.75 Å². The highest BCUT2D eigenvalue weighted by Crippen LogP contribution is 2.33. The van der Waals surface area contributed by atoms with Gasteiger partial charge in [0.2, 0.25) is 5.95 Å². The van der Waals surface area contributed by atoms with Crippen molar-refractivity contribution >= 4 is 35.4 Å². The highest BCUT2D eigenvalue weighted by atomic mass is 35.5. The van der Waals surface area contributed by atoms with Crippen LogP contribution >= 0.6 is 23.2 Å². The van der Waals surface area contributed by atoms with Crippen molar-refractivity contribution in [1.82, 2.24) is 9.97 Å². The number of aromatic amines is 1. The number of anilines is 1. The average molecular weight is 341 g/mol. The summed E-state index contributed by atoms with van der Waals surface area (Å²) in [6.45, 7) is 4.04. The number of aromatic nitrogens is 2. The summed E-state index contributed by atoms with van der Waals surface area (Å²) in [7, 11) is 0. The van der Waals surface area contributed by atoms with Crippen LogP contribution in [0.3, 0.4) is 0 Å². The molecule has 0 saturated heterocycles. The van der Waals surface area contributed by atoms with Gasteiger partial charge < -0.3 is 4.74 Å². The van der Waals surface area contributed by atoms with E-state index in [9.17, 15) is 4.79 Å². The highest BCUT2D eigenvalue weighted by Gasteiger charge is 2.08. The van der Waals surface area contributed by atoms with E-state index in [1.807, 2.05) is 6.92 Å². The van der Waals surface area contributed by atoms with E-state index in [1.54, 1.807) is 19.1 Å². The molecule has 0 spiro atoms.